The van der Waals surface area contributed by atoms with Gasteiger partial charge >= 0.3 is 0 Å². The van der Waals surface area contributed by atoms with Gasteiger partial charge in [0.25, 0.3) is 0 Å². The van der Waals surface area contributed by atoms with Crippen LogP contribution in [0.1, 0.15) is 20.3 Å². The van der Waals surface area contributed by atoms with E-state index in [0.29, 0.717) is 12.1 Å². The first-order chi connectivity index (χ1) is 5.16. The molecule has 0 aromatic rings. The van der Waals surface area contributed by atoms with Gasteiger partial charge in [0.2, 0.25) is 5.91 Å². The zero-order chi connectivity index (χ0) is 8.43. The molecule has 2 unspecified atom stereocenters. The third kappa shape index (κ3) is 1.53. The largest absolute Gasteiger partial charge is 0.338 e. The summed E-state index contributed by atoms with van der Waals surface area (Å²) in [6.07, 6.45) is 1.14. The minimum atomic E-state index is 0.198. The molecule has 3 nitrogen and oxygen atoms in total. The minimum Gasteiger partial charge on any atom is -0.338 e. The van der Waals surface area contributed by atoms with Gasteiger partial charge < -0.3 is 10.2 Å². The van der Waals surface area contributed by atoms with Crippen LogP contribution in [0.2, 0.25) is 0 Å². The van der Waals surface area contributed by atoms with Crippen molar-refractivity contribution in [1.29, 1.82) is 0 Å². The number of hydrogen-bond donors (Lipinski definition) is 1. The lowest BCUT2D eigenvalue weighted by Crippen LogP contribution is -2.58. The van der Waals surface area contributed by atoms with E-state index in [9.17, 15) is 4.79 Å². The molecule has 1 amide bonds. The number of likely N-dealkylation sites (tertiary alicyclic amines) is 1. The van der Waals surface area contributed by atoms with Crippen molar-refractivity contribution in [1.82, 2.24) is 10.2 Å². The summed E-state index contributed by atoms with van der Waals surface area (Å²) in [5, 5.41) is 3.16. The van der Waals surface area contributed by atoms with E-state index < -0.39 is 0 Å². The van der Waals surface area contributed by atoms with Gasteiger partial charge in [-0.15, -0.1) is 0 Å². The van der Waals surface area contributed by atoms with E-state index in [4.69, 9.17) is 0 Å². The molecule has 0 saturated carbocycles. The molecule has 0 aliphatic carbocycles. The first kappa shape index (κ1) is 8.53. The van der Waals surface area contributed by atoms with E-state index in [0.717, 1.165) is 13.0 Å². The van der Waals surface area contributed by atoms with Crippen LogP contribution in [0.25, 0.3) is 0 Å². The summed E-state index contributed by atoms with van der Waals surface area (Å²) in [5.74, 6) is 0.198. The summed E-state index contributed by atoms with van der Waals surface area (Å²) < 4.78 is 0. The maximum absolute atomic E-state index is 11.0. The lowest BCUT2D eigenvalue weighted by Gasteiger charge is -2.43. The number of nitrogens with one attached hydrogen (secondary N) is 1. The van der Waals surface area contributed by atoms with Crippen LogP contribution in [0.5, 0.6) is 0 Å². The predicted octanol–water partition coefficient (Wildman–Crippen LogP) is 0.215. The fourth-order valence-corrected chi connectivity index (χ4v) is 1.51. The second kappa shape index (κ2) is 3.22. The van der Waals surface area contributed by atoms with E-state index in [1.165, 1.54) is 0 Å². The molecule has 1 N–H and O–H groups in total. The molecule has 1 aliphatic rings. The zero-order valence-corrected chi connectivity index (χ0v) is 7.42. The maximum Gasteiger partial charge on any atom is 0.219 e. The highest BCUT2D eigenvalue weighted by molar-refractivity contribution is 5.74. The third-order valence-corrected chi connectivity index (χ3v) is 2.50. The molecule has 11 heavy (non-hydrogen) atoms. The highest BCUT2D eigenvalue weighted by atomic mass is 16.2. The van der Waals surface area contributed by atoms with Gasteiger partial charge in [0.05, 0.1) is 0 Å². The van der Waals surface area contributed by atoms with E-state index in [1.807, 2.05) is 11.9 Å². The summed E-state index contributed by atoms with van der Waals surface area (Å²) in [4.78, 5) is 12.9. The molecular weight excluding hydrogens is 140 g/mol. The van der Waals surface area contributed by atoms with E-state index >= 15 is 0 Å². The van der Waals surface area contributed by atoms with Crippen molar-refractivity contribution in [3.63, 3.8) is 0 Å². The molecule has 0 aromatic heterocycles. The van der Waals surface area contributed by atoms with Crippen molar-refractivity contribution in [3.05, 3.63) is 0 Å². The monoisotopic (exact) mass is 156 g/mol. The van der Waals surface area contributed by atoms with Crippen LogP contribution in [0.3, 0.4) is 0 Å². The smallest absolute Gasteiger partial charge is 0.219 e. The molecule has 1 rings (SSSR count). The molecule has 0 spiro atoms. The first-order valence-electron chi connectivity index (χ1n) is 4.11. The van der Waals surface area contributed by atoms with Gasteiger partial charge in [-0.1, -0.05) is 0 Å². The van der Waals surface area contributed by atoms with Crippen molar-refractivity contribution in [2.75, 3.05) is 13.6 Å². The molecule has 3 heteroatoms. The average Bonchev–Trinajstić information content (AvgIpc) is 1.83. The molecule has 1 saturated heterocycles. The highest BCUT2D eigenvalue weighted by Crippen LogP contribution is 2.19. The molecule has 1 fully saturated rings. The molecule has 0 aromatic carbocycles. The van der Waals surface area contributed by atoms with Gasteiger partial charge in [0.1, 0.15) is 0 Å². The molecule has 1 heterocycles. The Kier molecular flexibility index (Phi) is 2.49. The highest BCUT2D eigenvalue weighted by Gasteiger charge is 2.33. The van der Waals surface area contributed by atoms with Crippen molar-refractivity contribution < 1.29 is 4.79 Å². The van der Waals surface area contributed by atoms with Crippen LogP contribution in [-0.4, -0.2) is 36.5 Å². The van der Waals surface area contributed by atoms with Crippen LogP contribution >= 0.6 is 0 Å². The van der Waals surface area contributed by atoms with Gasteiger partial charge in [0.15, 0.2) is 0 Å². The number of hydrogen-bond acceptors (Lipinski definition) is 2. The molecular formula is C8H16N2O. The lowest BCUT2D eigenvalue weighted by molar-refractivity contribution is -0.137. The third-order valence-electron chi connectivity index (χ3n) is 2.50. The van der Waals surface area contributed by atoms with Gasteiger partial charge in [-0.05, 0) is 20.4 Å². The zero-order valence-electron chi connectivity index (χ0n) is 7.42. The van der Waals surface area contributed by atoms with Gasteiger partial charge in [-0.25, -0.2) is 0 Å². The Morgan fingerprint density at radius 1 is 1.73 bits per heavy atom. The fourth-order valence-electron chi connectivity index (χ4n) is 1.51. The van der Waals surface area contributed by atoms with Crippen LogP contribution in [0.15, 0.2) is 0 Å². The van der Waals surface area contributed by atoms with E-state index in [-0.39, 0.29) is 5.91 Å². The summed E-state index contributed by atoms with van der Waals surface area (Å²) >= 11 is 0. The second-order valence-corrected chi connectivity index (χ2v) is 3.15. The Bertz CT molecular complexity index is 158. The molecule has 1 aliphatic heterocycles. The average molecular weight is 156 g/mol. The second-order valence-electron chi connectivity index (χ2n) is 3.15. The van der Waals surface area contributed by atoms with Crippen LogP contribution in [-0.2, 0) is 4.79 Å². The van der Waals surface area contributed by atoms with Gasteiger partial charge in [-0.3, -0.25) is 4.79 Å². The molecule has 2 atom stereocenters. The van der Waals surface area contributed by atoms with Crippen molar-refractivity contribution in [3.8, 4) is 0 Å². The normalized spacial score (nSPS) is 26.1. The predicted molar refractivity (Wildman–Crippen MR) is 44.3 cm³/mol. The number of likely N-dealkylation sites (N-methyl/N-ethyl adjacent to an activating group) is 1. The van der Waals surface area contributed by atoms with Gasteiger partial charge in [0, 0.05) is 25.6 Å². The first-order valence-corrected chi connectivity index (χ1v) is 4.11. The SMILES string of the molecule is CNC(C)C1CCN1C(C)=O. The standard InChI is InChI=1S/C8H16N2O/c1-6(9-3)8-4-5-10(8)7(2)11/h6,8-9H,4-5H2,1-3H3. The number of carbonyl (C=O) groups excluding carboxylic acids is 1. The van der Waals surface area contributed by atoms with Crippen LogP contribution in [0.4, 0.5) is 0 Å². The Labute approximate surface area is 67.8 Å². The van der Waals surface area contributed by atoms with E-state index in [1.54, 1.807) is 6.92 Å². The summed E-state index contributed by atoms with van der Waals surface area (Å²) in [6.45, 7) is 4.68. The topological polar surface area (TPSA) is 32.3 Å². The maximum atomic E-state index is 11.0. The van der Waals surface area contributed by atoms with Crippen LogP contribution in [0, 0.1) is 0 Å². The van der Waals surface area contributed by atoms with Crippen LogP contribution < -0.4 is 5.32 Å². The molecule has 0 radical (unpaired) electrons. The minimum absolute atomic E-state index is 0.198. The lowest BCUT2D eigenvalue weighted by atomic mass is 9.96. The van der Waals surface area contributed by atoms with Crippen molar-refractivity contribution >= 4 is 5.91 Å². The number of carbonyl (C=O) groups is 1. The van der Waals surface area contributed by atoms with Crippen molar-refractivity contribution in [2.45, 2.75) is 32.4 Å². The van der Waals surface area contributed by atoms with Gasteiger partial charge in [-0.2, -0.15) is 0 Å². The fraction of sp³-hybridized carbons (Fsp3) is 0.875. The number of amides is 1. The Morgan fingerprint density at radius 2 is 2.36 bits per heavy atom. The van der Waals surface area contributed by atoms with E-state index in [2.05, 4.69) is 12.2 Å². The Balaban J connectivity index is 2.42. The summed E-state index contributed by atoms with van der Waals surface area (Å²) in [7, 11) is 1.93. The Morgan fingerprint density at radius 3 is 2.64 bits per heavy atom. The quantitative estimate of drug-likeness (QED) is 0.620. The molecule has 64 valence electrons. The Hall–Kier alpha value is -0.570. The van der Waals surface area contributed by atoms with Crippen molar-refractivity contribution in [2.24, 2.45) is 0 Å². The summed E-state index contributed by atoms with van der Waals surface area (Å²) in [5.41, 5.74) is 0. The summed E-state index contributed by atoms with van der Waals surface area (Å²) in [6, 6.07) is 0.852. The number of rotatable bonds is 2. The molecule has 0 bridgehead atoms. The number of nitrogens with zero attached hydrogens (tertiary/aromatic N) is 1.